The molecule has 1 fully saturated rings. The third kappa shape index (κ3) is 1.85. The molecule has 1 aliphatic rings. The van der Waals surface area contributed by atoms with Crippen LogP contribution in [-0.4, -0.2) is 17.5 Å². The van der Waals surface area contributed by atoms with Crippen LogP contribution in [0.2, 0.25) is 0 Å². The van der Waals surface area contributed by atoms with E-state index in [4.69, 9.17) is 0 Å². The van der Waals surface area contributed by atoms with Crippen LogP contribution < -0.4 is 4.90 Å². The van der Waals surface area contributed by atoms with E-state index in [2.05, 4.69) is 6.92 Å². The van der Waals surface area contributed by atoms with Gasteiger partial charge in [-0.3, -0.25) is 10.1 Å². The average Bonchev–Trinajstić information content (AvgIpc) is 2.64. The molecule has 2 rings (SSSR count). The third-order valence-electron chi connectivity index (χ3n) is 2.83. The highest BCUT2D eigenvalue weighted by molar-refractivity contribution is 5.54. The van der Waals surface area contributed by atoms with Crippen molar-refractivity contribution in [2.45, 2.75) is 18.9 Å². The summed E-state index contributed by atoms with van der Waals surface area (Å²) >= 11 is 0. The molecule has 1 aromatic carbocycles. The van der Waals surface area contributed by atoms with Crippen LogP contribution in [0.1, 0.15) is 12.8 Å². The highest BCUT2D eigenvalue weighted by Crippen LogP contribution is 2.29. The molecule has 0 aromatic heterocycles. The summed E-state index contributed by atoms with van der Waals surface area (Å²) in [7, 11) is 0. The largest absolute Gasteiger partial charge is 0.366 e. The number of nitro benzene ring substituents is 1. The predicted molar refractivity (Wildman–Crippen MR) is 58.8 cm³/mol. The maximum atomic E-state index is 13.7. The highest BCUT2D eigenvalue weighted by Gasteiger charge is 2.24. The molecule has 1 saturated heterocycles. The zero-order chi connectivity index (χ0) is 11.7. The van der Waals surface area contributed by atoms with Crippen molar-refractivity contribution in [2.75, 3.05) is 11.4 Å². The second kappa shape index (κ2) is 4.08. The summed E-state index contributed by atoms with van der Waals surface area (Å²) in [4.78, 5) is 11.7. The van der Waals surface area contributed by atoms with Gasteiger partial charge >= 0.3 is 0 Å². The standard InChI is InChI=1S/C11H12FN2O2/c1-8-3-2-6-13(8)11-5-4-9(14(15)16)7-10(11)12/h4-5,7-8H,1-3,6H2/t8-/m1/s1. The van der Waals surface area contributed by atoms with Gasteiger partial charge in [0.05, 0.1) is 16.7 Å². The van der Waals surface area contributed by atoms with Gasteiger partial charge in [-0.05, 0) is 25.8 Å². The molecule has 1 aliphatic heterocycles. The number of hydrogen-bond donors (Lipinski definition) is 0. The van der Waals surface area contributed by atoms with Gasteiger partial charge in [-0.1, -0.05) is 0 Å². The molecular weight excluding hydrogens is 211 g/mol. The van der Waals surface area contributed by atoms with Gasteiger partial charge in [-0.15, -0.1) is 0 Å². The average molecular weight is 223 g/mol. The molecule has 0 spiro atoms. The quantitative estimate of drug-likeness (QED) is 0.571. The Kier molecular flexibility index (Phi) is 2.77. The van der Waals surface area contributed by atoms with Crippen LogP contribution in [0.4, 0.5) is 15.8 Å². The fourth-order valence-corrected chi connectivity index (χ4v) is 2.00. The lowest BCUT2D eigenvalue weighted by Gasteiger charge is -2.23. The van der Waals surface area contributed by atoms with Gasteiger partial charge in [0.15, 0.2) is 5.82 Å². The smallest absolute Gasteiger partial charge is 0.272 e. The summed E-state index contributed by atoms with van der Waals surface area (Å²) in [6, 6.07) is 3.79. The normalized spacial score (nSPS) is 20.1. The summed E-state index contributed by atoms with van der Waals surface area (Å²) in [6.07, 6.45) is 1.90. The van der Waals surface area contributed by atoms with Crippen molar-refractivity contribution in [1.82, 2.24) is 0 Å². The number of benzene rings is 1. The van der Waals surface area contributed by atoms with Crippen LogP contribution in [0.25, 0.3) is 0 Å². The first-order valence-corrected chi connectivity index (χ1v) is 5.13. The summed E-state index contributed by atoms with van der Waals surface area (Å²) < 4.78 is 13.7. The van der Waals surface area contributed by atoms with Crippen molar-refractivity contribution in [2.24, 2.45) is 0 Å². The van der Waals surface area contributed by atoms with Crippen LogP contribution in [0.15, 0.2) is 18.2 Å². The van der Waals surface area contributed by atoms with Gasteiger partial charge in [-0.2, -0.15) is 0 Å². The maximum absolute atomic E-state index is 13.7. The fourth-order valence-electron chi connectivity index (χ4n) is 2.00. The number of nitrogens with zero attached hydrogens (tertiary/aromatic N) is 2. The van der Waals surface area contributed by atoms with Crippen molar-refractivity contribution >= 4 is 11.4 Å². The molecule has 4 nitrogen and oxygen atoms in total. The summed E-state index contributed by atoms with van der Waals surface area (Å²) in [5.41, 5.74) is 0.184. The lowest BCUT2D eigenvalue weighted by Crippen LogP contribution is -2.27. The van der Waals surface area contributed by atoms with Gasteiger partial charge in [0.1, 0.15) is 0 Å². The molecule has 1 atom stereocenters. The number of hydrogen-bond acceptors (Lipinski definition) is 3. The molecule has 1 aromatic rings. The first kappa shape index (κ1) is 10.9. The first-order chi connectivity index (χ1) is 7.59. The van der Waals surface area contributed by atoms with Gasteiger partial charge in [0.2, 0.25) is 0 Å². The summed E-state index contributed by atoms with van der Waals surface area (Å²) in [6.45, 7) is 4.67. The number of non-ortho nitro benzene ring substituents is 1. The minimum Gasteiger partial charge on any atom is -0.366 e. The van der Waals surface area contributed by atoms with Crippen molar-refractivity contribution in [3.8, 4) is 0 Å². The Balaban J connectivity index is 2.32. The van der Waals surface area contributed by atoms with Gasteiger partial charge in [-0.25, -0.2) is 4.39 Å². The summed E-state index contributed by atoms with van der Waals surface area (Å²) in [5.74, 6) is -0.551. The predicted octanol–water partition coefficient (Wildman–Crippen LogP) is 2.54. The molecule has 1 radical (unpaired) electrons. The van der Waals surface area contributed by atoms with Gasteiger partial charge < -0.3 is 4.90 Å². The molecule has 0 saturated carbocycles. The zero-order valence-corrected chi connectivity index (χ0v) is 8.73. The minimum atomic E-state index is -0.599. The molecular formula is C11H12FN2O2. The maximum Gasteiger partial charge on any atom is 0.272 e. The number of halogens is 1. The Morgan fingerprint density at radius 3 is 2.81 bits per heavy atom. The first-order valence-electron chi connectivity index (χ1n) is 5.13. The Bertz CT molecular complexity index is 422. The zero-order valence-electron chi connectivity index (χ0n) is 8.73. The lowest BCUT2D eigenvalue weighted by molar-refractivity contribution is -0.385. The fraction of sp³-hybridized carbons (Fsp3) is 0.364. The number of anilines is 1. The van der Waals surface area contributed by atoms with Crippen molar-refractivity contribution in [3.05, 3.63) is 41.1 Å². The minimum absolute atomic E-state index is 0.0518. The Labute approximate surface area is 92.8 Å². The molecule has 0 N–H and O–H groups in total. The van der Waals surface area contributed by atoms with Crippen LogP contribution in [0.3, 0.4) is 0 Å². The second-order valence-corrected chi connectivity index (χ2v) is 3.88. The van der Waals surface area contributed by atoms with E-state index in [1.807, 2.05) is 4.90 Å². The van der Waals surface area contributed by atoms with Crippen LogP contribution in [-0.2, 0) is 0 Å². The monoisotopic (exact) mass is 223 g/mol. The van der Waals surface area contributed by atoms with Crippen molar-refractivity contribution < 1.29 is 9.31 Å². The molecule has 16 heavy (non-hydrogen) atoms. The van der Waals surface area contributed by atoms with E-state index in [-0.39, 0.29) is 11.7 Å². The SMILES string of the molecule is [CH2][C@@H]1CCCN1c1ccc([N+](=O)[O-])cc1F. The Morgan fingerprint density at radius 1 is 1.56 bits per heavy atom. The van der Waals surface area contributed by atoms with E-state index in [1.54, 1.807) is 0 Å². The molecule has 0 unspecified atom stereocenters. The van der Waals surface area contributed by atoms with E-state index in [1.165, 1.54) is 12.1 Å². The molecule has 0 amide bonds. The van der Waals surface area contributed by atoms with Crippen molar-refractivity contribution in [3.63, 3.8) is 0 Å². The molecule has 85 valence electrons. The van der Waals surface area contributed by atoms with E-state index in [9.17, 15) is 14.5 Å². The topological polar surface area (TPSA) is 46.4 Å². The highest BCUT2D eigenvalue weighted by atomic mass is 19.1. The van der Waals surface area contributed by atoms with Crippen molar-refractivity contribution in [1.29, 1.82) is 0 Å². The Morgan fingerprint density at radius 2 is 2.31 bits per heavy atom. The Hall–Kier alpha value is -1.65. The van der Waals surface area contributed by atoms with Gasteiger partial charge in [0, 0.05) is 18.7 Å². The molecule has 1 heterocycles. The molecule has 0 bridgehead atoms. The second-order valence-electron chi connectivity index (χ2n) is 3.88. The van der Waals surface area contributed by atoms with Crippen LogP contribution in [0, 0.1) is 22.9 Å². The van der Waals surface area contributed by atoms with E-state index < -0.39 is 10.7 Å². The number of rotatable bonds is 2. The third-order valence-corrected chi connectivity index (χ3v) is 2.83. The van der Waals surface area contributed by atoms with E-state index in [0.29, 0.717) is 5.69 Å². The van der Waals surface area contributed by atoms with E-state index in [0.717, 1.165) is 25.5 Å². The van der Waals surface area contributed by atoms with E-state index >= 15 is 0 Å². The summed E-state index contributed by atoms with van der Waals surface area (Å²) in [5, 5.41) is 10.5. The lowest BCUT2D eigenvalue weighted by atomic mass is 10.2. The molecule has 0 aliphatic carbocycles. The van der Waals surface area contributed by atoms with Gasteiger partial charge in [0.25, 0.3) is 5.69 Å². The molecule has 5 heteroatoms. The number of nitro groups is 1. The van der Waals surface area contributed by atoms with Crippen LogP contribution >= 0.6 is 0 Å². The van der Waals surface area contributed by atoms with Crippen LogP contribution in [0.5, 0.6) is 0 Å².